The van der Waals surface area contributed by atoms with Crippen molar-refractivity contribution in [1.82, 2.24) is 19.8 Å². The number of hydrogen-bond acceptors (Lipinski definition) is 6. The molecule has 2 aliphatic rings. The molecule has 2 aromatic rings. The number of methoxy groups -OCH3 is 1. The van der Waals surface area contributed by atoms with E-state index in [2.05, 4.69) is 15.2 Å². The molecule has 1 amide bonds. The molecule has 0 unspecified atom stereocenters. The lowest BCUT2D eigenvalue weighted by Crippen LogP contribution is -2.39. The van der Waals surface area contributed by atoms with Crippen molar-refractivity contribution in [3.8, 4) is 17.2 Å². The van der Waals surface area contributed by atoms with Crippen LogP contribution in [0.4, 0.5) is 0 Å². The number of amides is 1. The molecule has 1 fully saturated rings. The molecule has 2 aliphatic heterocycles. The molecule has 0 spiro atoms. The summed E-state index contributed by atoms with van der Waals surface area (Å²) in [7, 11) is 1.65. The van der Waals surface area contributed by atoms with Gasteiger partial charge in [0.15, 0.2) is 11.5 Å². The van der Waals surface area contributed by atoms with Crippen LogP contribution in [0.2, 0.25) is 0 Å². The number of likely N-dealkylation sites (tertiary alicyclic amines) is 1. The number of aromatic nitrogens is 2. The first-order valence-corrected chi connectivity index (χ1v) is 10.1. The Morgan fingerprint density at radius 3 is 2.86 bits per heavy atom. The molecule has 156 valence electrons. The van der Waals surface area contributed by atoms with Gasteiger partial charge in [0.25, 0.3) is 0 Å². The van der Waals surface area contributed by atoms with Crippen LogP contribution >= 0.6 is 0 Å². The number of nitrogens with one attached hydrogen (secondary N) is 1. The van der Waals surface area contributed by atoms with E-state index < -0.39 is 0 Å². The van der Waals surface area contributed by atoms with Crippen molar-refractivity contribution in [3.05, 3.63) is 35.9 Å². The first-order chi connectivity index (χ1) is 14.1. The van der Waals surface area contributed by atoms with Crippen molar-refractivity contribution >= 4 is 5.91 Å². The van der Waals surface area contributed by atoms with Crippen LogP contribution in [0, 0.1) is 12.8 Å². The monoisotopic (exact) mass is 400 g/mol. The zero-order valence-electron chi connectivity index (χ0n) is 17.0. The zero-order valence-corrected chi connectivity index (χ0v) is 17.0. The van der Waals surface area contributed by atoms with E-state index in [4.69, 9.17) is 14.2 Å². The van der Waals surface area contributed by atoms with Crippen LogP contribution in [-0.2, 0) is 17.9 Å². The quantitative estimate of drug-likeness (QED) is 0.766. The Hall–Kier alpha value is -2.74. The number of carbonyl (C=O) groups is 1. The third kappa shape index (κ3) is 4.64. The van der Waals surface area contributed by atoms with E-state index in [1.165, 1.54) is 0 Å². The number of hydrogen-bond donors (Lipinski definition) is 1. The molecule has 0 radical (unpaired) electrons. The number of carbonyl (C=O) groups excluding carboxylic acids is 1. The molecule has 3 heterocycles. The smallest absolute Gasteiger partial charge is 0.239 e. The highest BCUT2D eigenvalue weighted by atomic mass is 16.7. The van der Waals surface area contributed by atoms with Gasteiger partial charge in [-0.05, 0) is 56.5 Å². The predicted octanol–water partition coefficient (Wildman–Crippen LogP) is 1.96. The van der Waals surface area contributed by atoms with Gasteiger partial charge in [-0.25, -0.2) is 4.98 Å². The number of imidazole rings is 1. The summed E-state index contributed by atoms with van der Waals surface area (Å²) in [5, 5.41) is 3.07. The van der Waals surface area contributed by atoms with E-state index in [1.807, 2.05) is 29.8 Å². The average Bonchev–Trinajstić information content (AvgIpc) is 3.36. The minimum absolute atomic E-state index is 0.0426. The Morgan fingerprint density at radius 1 is 1.31 bits per heavy atom. The highest BCUT2D eigenvalue weighted by Gasteiger charge is 2.23. The van der Waals surface area contributed by atoms with Gasteiger partial charge in [0, 0.05) is 25.5 Å². The van der Waals surface area contributed by atoms with E-state index in [0.29, 0.717) is 18.2 Å². The maximum Gasteiger partial charge on any atom is 0.239 e. The summed E-state index contributed by atoms with van der Waals surface area (Å²) in [6.07, 6.45) is 5.70. The van der Waals surface area contributed by atoms with Crippen LogP contribution in [0.15, 0.2) is 24.5 Å². The molecule has 1 N–H and O–H groups in total. The molecular weight excluding hydrogens is 372 g/mol. The van der Waals surface area contributed by atoms with Gasteiger partial charge in [0.05, 0.1) is 7.11 Å². The van der Waals surface area contributed by atoms with Gasteiger partial charge in [0.2, 0.25) is 18.4 Å². The summed E-state index contributed by atoms with van der Waals surface area (Å²) in [5.41, 5.74) is 1.16. The largest absolute Gasteiger partial charge is 0.493 e. The Kier molecular flexibility index (Phi) is 5.89. The zero-order chi connectivity index (χ0) is 20.2. The number of benzene rings is 1. The molecule has 0 saturated carbocycles. The second-order valence-electron chi connectivity index (χ2n) is 7.66. The number of fused-ring (bicyclic) bond motifs is 1. The fourth-order valence-electron chi connectivity index (χ4n) is 3.92. The molecule has 1 aromatic heterocycles. The molecule has 1 saturated heterocycles. The second kappa shape index (κ2) is 8.73. The van der Waals surface area contributed by atoms with Crippen molar-refractivity contribution in [3.63, 3.8) is 0 Å². The van der Waals surface area contributed by atoms with Gasteiger partial charge >= 0.3 is 0 Å². The lowest BCUT2D eigenvalue weighted by molar-refractivity contribution is -0.121. The minimum Gasteiger partial charge on any atom is -0.493 e. The SMILES string of the molecule is COc1cc(CN2CCC(CNC(=O)Cn3ccnc3C)CC2)cc2c1OCO2. The molecule has 0 aliphatic carbocycles. The molecule has 0 atom stereocenters. The standard InChI is InChI=1S/C21H28N4O4/c1-15-22-5-8-25(15)13-20(26)23-11-16-3-6-24(7-4-16)12-17-9-18(27-2)21-19(10-17)28-14-29-21/h5,8-10,16H,3-4,6-7,11-14H2,1-2H3,(H,23,26). The highest BCUT2D eigenvalue weighted by molar-refractivity contribution is 5.75. The maximum absolute atomic E-state index is 12.2. The van der Waals surface area contributed by atoms with Crippen LogP contribution in [0.3, 0.4) is 0 Å². The molecule has 29 heavy (non-hydrogen) atoms. The van der Waals surface area contributed by atoms with Gasteiger partial charge in [-0.2, -0.15) is 0 Å². The molecule has 8 heteroatoms. The van der Waals surface area contributed by atoms with E-state index in [9.17, 15) is 4.79 Å². The van der Waals surface area contributed by atoms with Gasteiger partial charge in [-0.3, -0.25) is 9.69 Å². The lowest BCUT2D eigenvalue weighted by Gasteiger charge is -2.32. The van der Waals surface area contributed by atoms with Crippen molar-refractivity contribution in [2.75, 3.05) is 33.5 Å². The lowest BCUT2D eigenvalue weighted by atomic mass is 9.96. The van der Waals surface area contributed by atoms with Crippen molar-refractivity contribution in [2.24, 2.45) is 5.92 Å². The Labute approximate surface area is 170 Å². The Bertz CT molecular complexity index is 858. The molecule has 1 aromatic carbocycles. The van der Waals surface area contributed by atoms with Crippen molar-refractivity contribution in [1.29, 1.82) is 0 Å². The fraction of sp³-hybridized carbons (Fsp3) is 0.524. The fourth-order valence-corrected chi connectivity index (χ4v) is 3.92. The number of piperidine rings is 1. The number of ether oxygens (including phenoxy) is 3. The van der Waals surface area contributed by atoms with Gasteiger partial charge in [-0.15, -0.1) is 0 Å². The van der Waals surface area contributed by atoms with Crippen LogP contribution in [0.25, 0.3) is 0 Å². The predicted molar refractivity (Wildman–Crippen MR) is 107 cm³/mol. The average molecular weight is 400 g/mol. The summed E-state index contributed by atoms with van der Waals surface area (Å²) < 4.78 is 18.3. The summed E-state index contributed by atoms with van der Waals surface area (Å²) >= 11 is 0. The third-order valence-electron chi connectivity index (χ3n) is 5.66. The minimum atomic E-state index is 0.0426. The van der Waals surface area contributed by atoms with Crippen molar-refractivity contribution in [2.45, 2.75) is 32.9 Å². The summed E-state index contributed by atoms with van der Waals surface area (Å²) in [6, 6.07) is 4.06. The van der Waals surface area contributed by atoms with Crippen LogP contribution in [-0.4, -0.2) is 53.9 Å². The van der Waals surface area contributed by atoms with Gasteiger partial charge < -0.3 is 24.1 Å². The maximum atomic E-state index is 12.2. The summed E-state index contributed by atoms with van der Waals surface area (Å²) in [4.78, 5) is 18.7. The van der Waals surface area contributed by atoms with E-state index in [0.717, 1.165) is 61.9 Å². The highest BCUT2D eigenvalue weighted by Crippen LogP contribution is 2.42. The van der Waals surface area contributed by atoms with Gasteiger partial charge in [-0.1, -0.05) is 0 Å². The summed E-state index contributed by atoms with van der Waals surface area (Å²) in [6.45, 7) is 6.09. The molecule has 8 nitrogen and oxygen atoms in total. The Morgan fingerprint density at radius 2 is 2.14 bits per heavy atom. The molecular formula is C21H28N4O4. The topological polar surface area (TPSA) is 77.9 Å². The van der Waals surface area contributed by atoms with Crippen LogP contribution in [0.1, 0.15) is 24.2 Å². The van der Waals surface area contributed by atoms with Crippen LogP contribution < -0.4 is 19.5 Å². The van der Waals surface area contributed by atoms with Crippen molar-refractivity contribution < 1.29 is 19.0 Å². The van der Waals surface area contributed by atoms with Crippen LogP contribution in [0.5, 0.6) is 17.2 Å². The first-order valence-electron chi connectivity index (χ1n) is 10.1. The number of nitrogens with zero attached hydrogens (tertiary/aromatic N) is 3. The normalized spacial score (nSPS) is 16.8. The van der Waals surface area contributed by atoms with E-state index >= 15 is 0 Å². The van der Waals surface area contributed by atoms with E-state index in [-0.39, 0.29) is 12.7 Å². The Balaban J connectivity index is 1.23. The summed E-state index contributed by atoms with van der Waals surface area (Å²) in [5.74, 6) is 3.59. The number of rotatable bonds is 7. The second-order valence-corrected chi connectivity index (χ2v) is 7.66. The third-order valence-corrected chi connectivity index (χ3v) is 5.66. The molecule has 4 rings (SSSR count). The van der Waals surface area contributed by atoms with E-state index in [1.54, 1.807) is 13.3 Å². The first kappa shape index (κ1) is 19.6. The molecule has 0 bridgehead atoms. The number of aryl methyl sites for hydroxylation is 1. The van der Waals surface area contributed by atoms with Gasteiger partial charge in [0.1, 0.15) is 12.4 Å².